The molecule has 34 heavy (non-hydrogen) atoms. The number of pyridine rings is 1. The predicted octanol–water partition coefficient (Wildman–Crippen LogP) is 4.56. The van der Waals surface area contributed by atoms with Crippen molar-refractivity contribution in [1.82, 2.24) is 20.1 Å². The average Bonchev–Trinajstić information content (AvgIpc) is 3.27. The summed E-state index contributed by atoms with van der Waals surface area (Å²) in [4.78, 5) is 30.0. The number of benzene rings is 2. The number of halogens is 1. The summed E-state index contributed by atoms with van der Waals surface area (Å²) < 4.78 is 1.51. The number of rotatable bonds is 7. The fraction of sp³-hybridized carbons (Fsp3) is 0.120. The predicted molar refractivity (Wildman–Crippen MR) is 133 cm³/mol. The van der Waals surface area contributed by atoms with Gasteiger partial charge < -0.3 is 16.4 Å². The van der Waals surface area contributed by atoms with Gasteiger partial charge in [0.05, 0.1) is 22.0 Å². The Balaban J connectivity index is 1.68. The van der Waals surface area contributed by atoms with Crippen LogP contribution in [0.3, 0.4) is 0 Å². The highest BCUT2D eigenvalue weighted by Gasteiger charge is 2.19. The number of anilines is 2. The molecule has 9 heteroatoms. The zero-order valence-electron chi connectivity index (χ0n) is 18.5. The lowest BCUT2D eigenvalue weighted by atomic mass is 10.1. The van der Waals surface area contributed by atoms with E-state index in [4.69, 9.17) is 17.3 Å². The molecular weight excluding hydrogens is 452 g/mol. The first-order valence-corrected chi connectivity index (χ1v) is 11.1. The average molecular weight is 475 g/mol. The largest absolute Gasteiger partial charge is 0.384 e. The quantitative estimate of drug-likeness (QED) is 0.363. The Labute approximate surface area is 201 Å². The second-order valence-corrected chi connectivity index (χ2v) is 7.92. The van der Waals surface area contributed by atoms with Crippen molar-refractivity contribution >= 4 is 35.1 Å². The highest BCUT2D eigenvalue weighted by molar-refractivity contribution is 6.34. The fourth-order valence-corrected chi connectivity index (χ4v) is 3.53. The summed E-state index contributed by atoms with van der Waals surface area (Å²) in [6.07, 6.45) is 0.797. The SMILES string of the molecule is CCCNC(=O)c1cc(NC(=O)c2cc(-c3cccc(N)n3)ccc2Cl)n(-c2ccccc2)n1. The van der Waals surface area contributed by atoms with Gasteiger partial charge in [-0.25, -0.2) is 9.67 Å². The monoisotopic (exact) mass is 474 g/mol. The molecule has 0 spiro atoms. The topological polar surface area (TPSA) is 115 Å². The Hall–Kier alpha value is -4.17. The van der Waals surface area contributed by atoms with E-state index in [1.165, 1.54) is 10.7 Å². The summed E-state index contributed by atoms with van der Waals surface area (Å²) in [6, 6.07) is 21.1. The number of aromatic nitrogens is 3. The van der Waals surface area contributed by atoms with Crippen LogP contribution in [-0.4, -0.2) is 33.1 Å². The molecule has 0 aliphatic heterocycles. The Morgan fingerprint density at radius 2 is 1.79 bits per heavy atom. The van der Waals surface area contributed by atoms with Gasteiger partial charge in [0.2, 0.25) is 0 Å². The zero-order chi connectivity index (χ0) is 24.1. The third-order valence-corrected chi connectivity index (χ3v) is 5.33. The number of nitrogens with zero attached hydrogens (tertiary/aromatic N) is 3. The van der Waals surface area contributed by atoms with E-state index in [1.807, 2.05) is 37.3 Å². The lowest BCUT2D eigenvalue weighted by Gasteiger charge is -2.11. The van der Waals surface area contributed by atoms with E-state index < -0.39 is 5.91 Å². The maximum atomic E-state index is 13.2. The van der Waals surface area contributed by atoms with Gasteiger partial charge >= 0.3 is 0 Å². The number of amides is 2. The van der Waals surface area contributed by atoms with Crippen molar-refractivity contribution in [2.75, 3.05) is 17.6 Å². The molecule has 0 atom stereocenters. The summed E-state index contributed by atoms with van der Waals surface area (Å²) in [5.74, 6) is -0.0614. The van der Waals surface area contributed by atoms with E-state index in [-0.39, 0.29) is 22.2 Å². The van der Waals surface area contributed by atoms with Crippen LogP contribution in [0.5, 0.6) is 0 Å². The van der Waals surface area contributed by atoms with E-state index in [0.717, 1.165) is 6.42 Å². The van der Waals surface area contributed by atoms with Gasteiger partial charge in [0.1, 0.15) is 11.6 Å². The maximum absolute atomic E-state index is 13.2. The van der Waals surface area contributed by atoms with E-state index in [9.17, 15) is 9.59 Å². The van der Waals surface area contributed by atoms with Crippen molar-refractivity contribution in [3.8, 4) is 16.9 Å². The number of para-hydroxylation sites is 1. The summed E-state index contributed by atoms with van der Waals surface area (Å²) in [7, 11) is 0. The van der Waals surface area contributed by atoms with Crippen molar-refractivity contribution in [1.29, 1.82) is 0 Å². The first-order chi connectivity index (χ1) is 16.5. The van der Waals surface area contributed by atoms with Gasteiger partial charge in [-0.05, 0) is 42.8 Å². The normalized spacial score (nSPS) is 10.6. The number of carbonyl (C=O) groups is 2. The van der Waals surface area contributed by atoms with Crippen molar-refractivity contribution in [3.63, 3.8) is 0 Å². The number of hydrogen-bond donors (Lipinski definition) is 3. The van der Waals surface area contributed by atoms with Gasteiger partial charge in [-0.2, -0.15) is 5.10 Å². The molecule has 2 aromatic heterocycles. The molecule has 0 saturated heterocycles. The molecule has 172 valence electrons. The third-order valence-electron chi connectivity index (χ3n) is 5.00. The molecule has 2 aromatic carbocycles. The summed E-state index contributed by atoms with van der Waals surface area (Å²) in [5, 5.41) is 10.3. The Kier molecular flexibility index (Phi) is 6.89. The number of nitrogens with two attached hydrogens (primary N) is 1. The first kappa shape index (κ1) is 23.0. The maximum Gasteiger partial charge on any atom is 0.271 e. The highest BCUT2D eigenvalue weighted by atomic mass is 35.5. The first-order valence-electron chi connectivity index (χ1n) is 10.7. The van der Waals surface area contributed by atoms with Crippen LogP contribution in [0, 0.1) is 0 Å². The molecule has 4 rings (SSSR count). The van der Waals surface area contributed by atoms with Gasteiger partial charge in [0.15, 0.2) is 5.69 Å². The Bertz CT molecular complexity index is 1340. The molecule has 2 heterocycles. The van der Waals surface area contributed by atoms with Crippen LogP contribution in [-0.2, 0) is 0 Å². The fourth-order valence-electron chi connectivity index (χ4n) is 3.33. The molecule has 0 radical (unpaired) electrons. The van der Waals surface area contributed by atoms with Crippen molar-refractivity contribution in [2.24, 2.45) is 0 Å². The molecule has 4 aromatic rings. The van der Waals surface area contributed by atoms with Gasteiger partial charge in [0.25, 0.3) is 11.8 Å². The minimum atomic E-state index is -0.451. The number of nitrogen functional groups attached to an aromatic ring is 1. The van der Waals surface area contributed by atoms with E-state index in [2.05, 4.69) is 20.7 Å². The summed E-state index contributed by atoms with van der Waals surface area (Å²) in [6.45, 7) is 2.49. The number of hydrogen-bond acceptors (Lipinski definition) is 5. The standard InChI is InChI=1S/C25H23ClN6O2/c1-2-13-28-25(34)21-15-23(32(31-21)17-7-4-3-5-8-17)30-24(33)18-14-16(11-12-19(18)26)20-9-6-10-22(27)29-20/h3-12,14-15H,2,13H2,1H3,(H2,27,29)(H,28,34)(H,30,33). The van der Waals surface area contributed by atoms with E-state index in [0.29, 0.717) is 35.1 Å². The van der Waals surface area contributed by atoms with Crippen LogP contribution in [0.25, 0.3) is 16.9 Å². The third kappa shape index (κ3) is 5.07. The van der Waals surface area contributed by atoms with E-state index >= 15 is 0 Å². The molecule has 0 aliphatic rings. The molecule has 4 N–H and O–H groups in total. The van der Waals surface area contributed by atoms with Gasteiger partial charge in [-0.1, -0.05) is 48.9 Å². The number of nitrogens with one attached hydrogen (secondary N) is 2. The highest BCUT2D eigenvalue weighted by Crippen LogP contribution is 2.26. The molecule has 8 nitrogen and oxygen atoms in total. The van der Waals surface area contributed by atoms with Gasteiger partial charge in [0, 0.05) is 18.2 Å². The zero-order valence-corrected chi connectivity index (χ0v) is 19.2. The Morgan fingerprint density at radius 3 is 2.53 bits per heavy atom. The summed E-state index contributed by atoms with van der Waals surface area (Å²) >= 11 is 6.35. The van der Waals surface area contributed by atoms with Crippen LogP contribution in [0.15, 0.2) is 72.8 Å². The van der Waals surface area contributed by atoms with Crippen LogP contribution < -0.4 is 16.4 Å². The molecule has 0 fully saturated rings. The van der Waals surface area contributed by atoms with E-state index in [1.54, 1.807) is 36.4 Å². The van der Waals surface area contributed by atoms with Crippen LogP contribution >= 0.6 is 11.6 Å². The van der Waals surface area contributed by atoms with Gasteiger partial charge in [-0.3, -0.25) is 9.59 Å². The minimum absolute atomic E-state index is 0.191. The van der Waals surface area contributed by atoms with Crippen LogP contribution in [0.1, 0.15) is 34.2 Å². The number of carbonyl (C=O) groups excluding carboxylic acids is 2. The van der Waals surface area contributed by atoms with Crippen molar-refractivity contribution in [2.45, 2.75) is 13.3 Å². The van der Waals surface area contributed by atoms with Crippen LogP contribution in [0.4, 0.5) is 11.6 Å². The van der Waals surface area contributed by atoms with Gasteiger partial charge in [-0.15, -0.1) is 0 Å². The molecule has 0 aliphatic carbocycles. The minimum Gasteiger partial charge on any atom is -0.384 e. The summed E-state index contributed by atoms with van der Waals surface area (Å²) in [5.41, 5.74) is 8.24. The lowest BCUT2D eigenvalue weighted by molar-refractivity contribution is 0.0947. The molecular formula is C25H23ClN6O2. The Morgan fingerprint density at radius 1 is 1.00 bits per heavy atom. The molecule has 0 unspecified atom stereocenters. The molecule has 0 saturated carbocycles. The molecule has 0 bridgehead atoms. The second kappa shape index (κ2) is 10.2. The van der Waals surface area contributed by atoms with Crippen molar-refractivity contribution < 1.29 is 9.59 Å². The van der Waals surface area contributed by atoms with Crippen molar-refractivity contribution in [3.05, 3.63) is 89.1 Å². The second-order valence-electron chi connectivity index (χ2n) is 7.51. The molecule has 2 amide bonds. The smallest absolute Gasteiger partial charge is 0.271 e. The van der Waals surface area contributed by atoms with Crippen LogP contribution in [0.2, 0.25) is 5.02 Å². The lowest BCUT2D eigenvalue weighted by Crippen LogP contribution is -2.24.